The monoisotopic (exact) mass is 437 g/mol. The van der Waals surface area contributed by atoms with E-state index in [4.69, 9.17) is 11.6 Å². The summed E-state index contributed by atoms with van der Waals surface area (Å²) in [5.74, 6) is 0.0339. The molecule has 0 radical (unpaired) electrons. The van der Waals surface area contributed by atoms with Gasteiger partial charge >= 0.3 is 0 Å². The van der Waals surface area contributed by atoms with Crippen LogP contribution in [0.5, 0.6) is 0 Å². The maximum absolute atomic E-state index is 12.9. The van der Waals surface area contributed by atoms with Crippen LogP contribution in [0.25, 0.3) is 0 Å². The molecule has 29 heavy (non-hydrogen) atoms. The second kappa shape index (κ2) is 8.41. The van der Waals surface area contributed by atoms with Gasteiger partial charge in [-0.1, -0.05) is 16.8 Å². The predicted octanol–water partition coefficient (Wildman–Crippen LogP) is 2.27. The molecule has 1 amide bonds. The van der Waals surface area contributed by atoms with E-state index in [9.17, 15) is 13.2 Å². The number of aromatic nitrogens is 3. The van der Waals surface area contributed by atoms with Crippen LogP contribution in [0.3, 0.4) is 0 Å². The van der Waals surface area contributed by atoms with Crippen LogP contribution in [0.15, 0.2) is 35.4 Å². The first-order valence-corrected chi connectivity index (χ1v) is 11.7. The van der Waals surface area contributed by atoms with E-state index in [2.05, 4.69) is 10.3 Å². The molecule has 0 bridgehead atoms. The Labute approximate surface area is 175 Å². The third-order valence-corrected chi connectivity index (χ3v) is 7.66. The van der Waals surface area contributed by atoms with Crippen LogP contribution in [0.2, 0.25) is 5.02 Å². The summed E-state index contributed by atoms with van der Waals surface area (Å²) in [6.07, 6.45) is 5.42. The van der Waals surface area contributed by atoms with Crippen molar-refractivity contribution in [3.63, 3.8) is 0 Å². The molecule has 0 N–H and O–H groups in total. The maximum atomic E-state index is 12.9. The lowest BCUT2D eigenvalue weighted by Gasteiger charge is -2.31. The summed E-state index contributed by atoms with van der Waals surface area (Å²) < 4.78 is 29.1. The highest BCUT2D eigenvalue weighted by Crippen LogP contribution is 2.25. The van der Waals surface area contributed by atoms with Crippen LogP contribution in [-0.2, 0) is 16.6 Å². The van der Waals surface area contributed by atoms with E-state index >= 15 is 0 Å². The van der Waals surface area contributed by atoms with E-state index in [1.54, 1.807) is 27.9 Å². The van der Waals surface area contributed by atoms with Crippen LogP contribution in [0, 0.1) is 5.92 Å². The molecule has 2 aromatic rings. The quantitative estimate of drug-likeness (QED) is 0.715. The van der Waals surface area contributed by atoms with Gasteiger partial charge in [-0.25, -0.2) is 8.42 Å². The second-order valence-corrected chi connectivity index (χ2v) is 10.0. The fourth-order valence-corrected chi connectivity index (χ4v) is 5.66. The molecule has 1 unspecified atom stereocenters. The highest BCUT2D eigenvalue weighted by molar-refractivity contribution is 7.89. The van der Waals surface area contributed by atoms with E-state index in [-0.39, 0.29) is 16.7 Å². The lowest BCUT2D eigenvalue weighted by molar-refractivity contribution is 0.0787. The van der Waals surface area contributed by atoms with Crippen molar-refractivity contribution in [1.82, 2.24) is 24.2 Å². The number of hydrogen-bond acceptors (Lipinski definition) is 5. The molecule has 4 rings (SSSR count). The minimum atomic E-state index is -3.55. The van der Waals surface area contributed by atoms with Crippen molar-refractivity contribution >= 4 is 27.5 Å². The smallest absolute Gasteiger partial charge is 0.276 e. The van der Waals surface area contributed by atoms with Gasteiger partial charge in [-0.15, -0.1) is 5.10 Å². The number of piperidine rings is 1. The van der Waals surface area contributed by atoms with Gasteiger partial charge in [0.1, 0.15) is 0 Å². The van der Waals surface area contributed by atoms with E-state index in [0.29, 0.717) is 30.4 Å². The van der Waals surface area contributed by atoms with Gasteiger partial charge in [-0.2, -0.15) is 4.31 Å². The Morgan fingerprint density at radius 1 is 1.10 bits per heavy atom. The summed E-state index contributed by atoms with van der Waals surface area (Å²) in [7, 11) is -3.55. The zero-order valence-electron chi connectivity index (χ0n) is 16.1. The molecule has 2 aliphatic rings. The lowest BCUT2D eigenvalue weighted by atomic mass is 10.00. The van der Waals surface area contributed by atoms with Crippen LogP contribution < -0.4 is 0 Å². The van der Waals surface area contributed by atoms with Gasteiger partial charge in [0.2, 0.25) is 10.0 Å². The molecular formula is C19H24ClN5O3S. The largest absolute Gasteiger partial charge is 0.337 e. The van der Waals surface area contributed by atoms with E-state index in [0.717, 1.165) is 38.8 Å². The minimum Gasteiger partial charge on any atom is -0.337 e. The number of carbonyl (C=O) groups is 1. The average Bonchev–Trinajstić information content (AvgIpc) is 3.40. The van der Waals surface area contributed by atoms with Crippen LogP contribution in [0.1, 0.15) is 36.2 Å². The number of carbonyl (C=O) groups excluding carboxylic acids is 1. The van der Waals surface area contributed by atoms with Crippen molar-refractivity contribution in [3.8, 4) is 0 Å². The van der Waals surface area contributed by atoms with Gasteiger partial charge in [0, 0.05) is 37.7 Å². The molecule has 1 aromatic carbocycles. The van der Waals surface area contributed by atoms with Crippen LogP contribution in [0.4, 0.5) is 0 Å². The SMILES string of the molecule is O=C(c1cn(CC2CCCN(S(=O)(=O)c3ccc(Cl)cc3)C2)nn1)N1CCCC1. The Bertz CT molecular complexity index is 970. The Balaban J connectivity index is 1.41. The molecular weight excluding hydrogens is 414 g/mol. The topological polar surface area (TPSA) is 88.4 Å². The highest BCUT2D eigenvalue weighted by atomic mass is 35.5. The lowest BCUT2D eigenvalue weighted by Crippen LogP contribution is -2.41. The average molecular weight is 438 g/mol. The zero-order valence-corrected chi connectivity index (χ0v) is 17.6. The van der Waals surface area contributed by atoms with Crippen LogP contribution >= 0.6 is 11.6 Å². The molecule has 2 aliphatic heterocycles. The Hall–Kier alpha value is -1.97. The minimum absolute atomic E-state index is 0.0793. The first-order chi connectivity index (χ1) is 13.9. The van der Waals surface area contributed by atoms with Crippen molar-refractivity contribution < 1.29 is 13.2 Å². The molecule has 1 atom stereocenters. The fraction of sp³-hybridized carbons (Fsp3) is 0.526. The number of nitrogens with zero attached hydrogens (tertiary/aromatic N) is 5. The maximum Gasteiger partial charge on any atom is 0.276 e. The molecule has 3 heterocycles. The molecule has 0 spiro atoms. The molecule has 8 nitrogen and oxygen atoms in total. The zero-order chi connectivity index (χ0) is 20.4. The number of sulfonamides is 1. The van der Waals surface area contributed by atoms with Crippen molar-refractivity contribution in [2.24, 2.45) is 5.92 Å². The molecule has 2 fully saturated rings. The summed E-state index contributed by atoms with van der Waals surface area (Å²) in [5, 5.41) is 8.63. The molecule has 1 aromatic heterocycles. The third-order valence-electron chi connectivity index (χ3n) is 5.53. The summed E-state index contributed by atoms with van der Waals surface area (Å²) >= 11 is 5.88. The number of benzene rings is 1. The molecule has 0 saturated carbocycles. The second-order valence-electron chi connectivity index (χ2n) is 7.65. The molecule has 2 saturated heterocycles. The summed E-state index contributed by atoms with van der Waals surface area (Å²) in [6.45, 7) is 2.99. The number of amides is 1. The molecule has 10 heteroatoms. The normalized spacial score (nSPS) is 20.9. The summed E-state index contributed by atoms with van der Waals surface area (Å²) in [6, 6.07) is 6.25. The van der Waals surface area contributed by atoms with E-state index in [1.165, 1.54) is 16.4 Å². The highest BCUT2D eigenvalue weighted by Gasteiger charge is 2.31. The number of likely N-dealkylation sites (tertiary alicyclic amines) is 1. The Morgan fingerprint density at radius 3 is 2.55 bits per heavy atom. The van der Waals surface area contributed by atoms with Crippen LogP contribution in [-0.4, -0.2) is 64.7 Å². The first kappa shape index (κ1) is 20.3. The van der Waals surface area contributed by atoms with Gasteiger partial charge in [-0.3, -0.25) is 9.48 Å². The Morgan fingerprint density at radius 2 is 1.83 bits per heavy atom. The fourth-order valence-electron chi connectivity index (χ4n) is 3.98. The van der Waals surface area contributed by atoms with Gasteiger partial charge in [0.15, 0.2) is 5.69 Å². The van der Waals surface area contributed by atoms with E-state index in [1.807, 2.05) is 0 Å². The summed E-state index contributed by atoms with van der Waals surface area (Å²) in [4.78, 5) is 14.5. The summed E-state index contributed by atoms with van der Waals surface area (Å²) in [5.41, 5.74) is 0.355. The van der Waals surface area contributed by atoms with Gasteiger partial charge in [0.25, 0.3) is 5.91 Å². The number of halogens is 1. The standard InChI is InChI=1S/C19H24ClN5O3S/c20-16-5-7-17(8-6-16)29(27,28)25-11-3-4-15(13-25)12-24-14-18(21-22-24)19(26)23-9-1-2-10-23/h5-8,14-15H,1-4,9-13H2. The van der Waals surface area contributed by atoms with Crippen molar-refractivity contribution in [3.05, 3.63) is 41.2 Å². The predicted molar refractivity (Wildman–Crippen MR) is 108 cm³/mol. The van der Waals surface area contributed by atoms with Crippen molar-refractivity contribution in [1.29, 1.82) is 0 Å². The third kappa shape index (κ3) is 4.46. The number of hydrogen-bond donors (Lipinski definition) is 0. The first-order valence-electron chi connectivity index (χ1n) is 9.88. The van der Waals surface area contributed by atoms with Crippen molar-refractivity contribution in [2.75, 3.05) is 26.2 Å². The number of rotatable bonds is 5. The van der Waals surface area contributed by atoms with Gasteiger partial charge < -0.3 is 4.90 Å². The molecule has 0 aliphatic carbocycles. The van der Waals surface area contributed by atoms with Gasteiger partial charge in [0.05, 0.1) is 11.1 Å². The van der Waals surface area contributed by atoms with Crippen molar-refractivity contribution in [2.45, 2.75) is 37.1 Å². The Kier molecular flexibility index (Phi) is 5.89. The molecule has 156 valence electrons. The van der Waals surface area contributed by atoms with Gasteiger partial charge in [-0.05, 0) is 55.9 Å². The van der Waals surface area contributed by atoms with E-state index < -0.39 is 10.0 Å².